The molecule has 0 bridgehead atoms. The minimum atomic E-state index is -0.124. The Hall–Kier alpha value is -3.56. The summed E-state index contributed by atoms with van der Waals surface area (Å²) in [5, 5.41) is 9.94. The highest BCUT2D eigenvalue weighted by molar-refractivity contribution is 5.89. The van der Waals surface area contributed by atoms with E-state index in [0.717, 1.165) is 37.3 Å². The molecule has 1 amide bonds. The SMILES string of the molecule is CCc1noc([C@H]2CCCN(c3ncnc(Nc4cccc(NC(C)=O)c4)n3)C2)n1. The van der Waals surface area contributed by atoms with Crippen LogP contribution in [0.5, 0.6) is 0 Å². The Morgan fingerprint density at radius 3 is 2.93 bits per heavy atom. The molecule has 1 fully saturated rings. The maximum atomic E-state index is 11.3. The molecule has 1 aromatic carbocycles. The summed E-state index contributed by atoms with van der Waals surface area (Å²) in [6.45, 7) is 5.05. The number of piperidine rings is 1. The Kier molecular flexibility index (Phi) is 5.82. The van der Waals surface area contributed by atoms with E-state index >= 15 is 0 Å². The average molecular weight is 408 g/mol. The van der Waals surface area contributed by atoms with E-state index < -0.39 is 0 Å². The normalized spacial score (nSPS) is 16.3. The van der Waals surface area contributed by atoms with Gasteiger partial charge in [0.15, 0.2) is 5.82 Å². The van der Waals surface area contributed by atoms with Crippen LogP contribution >= 0.6 is 0 Å². The molecule has 2 N–H and O–H groups in total. The van der Waals surface area contributed by atoms with Crippen LogP contribution in [0.25, 0.3) is 0 Å². The molecule has 1 aliphatic heterocycles. The van der Waals surface area contributed by atoms with E-state index in [1.54, 1.807) is 0 Å². The van der Waals surface area contributed by atoms with Crippen molar-refractivity contribution >= 4 is 29.2 Å². The van der Waals surface area contributed by atoms with E-state index in [1.165, 1.54) is 13.3 Å². The minimum absolute atomic E-state index is 0.124. The molecule has 3 heterocycles. The van der Waals surface area contributed by atoms with E-state index in [9.17, 15) is 4.79 Å². The number of carbonyl (C=O) groups is 1. The number of hydrogen-bond acceptors (Lipinski definition) is 9. The molecule has 0 saturated carbocycles. The number of amides is 1. The second-order valence-corrected chi connectivity index (χ2v) is 7.18. The molecule has 1 saturated heterocycles. The zero-order valence-corrected chi connectivity index (χ0v) is 17.0. The Morgan fingerprint density at radius 1 is 1.27 bits per heavy atom. The van der Waals surface area contributed by atoms with Crippen LogP contribution in [0, 0.1) is 0 Å². The van der Waals surface area contributed by atoms with Gasteiger partial charge in [0, 0.05) is 37.8 Å². The van der Waals surface area contributed by atoms with Crippen molar-refractivity contribution < 1.29 is 9.32 Å². The standard InChI is InChI=1S/C20H24N8O2/c1-3-17-25-18(30-27-17)14-6-5-9-28(11-14)20-22-12-21-19(26-20)24-16-8-4-7-15(10-16)23-13(2)29/h4,7-8,10,12,14H,3,5-6,9,11H2,1-2H3,(H,23,29)(H,21,22,24,26)/t14-/m0/s1. The Labute approximate surface area is 174 Å². The fourth-order valence-electron chi connectivity index (χ4n) is 3.44. The van der Waals surface area contributed by atoms with Crippen molar-refractivity contribution in [2.45, 2.75) is 39.0 Å². The molecule has 2 aromatic heterocycles. The van der Waals surface area contributed by atoms with Gasteiger partial charge in [0.05, 0.1) is 5.92 Å². The van der Waals surface area contributed by atoms with Gasteiger partial charge in [0.2, 0.25) is 23.7 Å². The zero-order valence-electron chi connectivity index (χ0n) is 17.0. The van der Waals surface area contributed by atoms with Crippen LogP contribution in [-0.4, -0.2) is 44.1 Å². The molecule has 156 valence electrons. The topological polar surface area (TPSA) is 122 Å². The molecule has 1 atom stereocenters. The van der Waals surface area contributed by atoms with Gasteiger partial charge in [-0.05, 0) is 31.0 Å². The predicted octanol–water partition coefficient (Wildman–Crippen LogP) is 2.90. The molecule has 0 spiro atoms. The first-order valence-electron chi connectivity index (χ1n) is 10.0. The summed E-state index contributed by atoms with van der Waals surface area (Å²) in [6.07, 6.45) is 4.23. The Bertz CT molecular complexity index is 1020. The van der Waals surface area contributed by atoms with Crippen LogP contribution in [0.15, 0.2) is 35.1 Å². The first-order chi connectivity index (χ1) is 14.6. The predicted molar refractivity (Wildman–Crippen MR) is 112 cm³/mol. The third kappa shape index (κ3) is 4.70. The summed E-state index contributed by atoms with van der Waals surface area (Å²) < 4.78 is 5.44. The molecule has 0 aliphatic carbocycles. The summed E-state index contributed by atoms with van der Waals surface area (Å²) >= 11 is 0. The Morgan fingerprint density at radius 2 is 2.13 bits per heavy atom. The van der Waals surface area contributed by atoms with Crippen LogP contribution in [-0.2, 0) is 11.2 Å². The lowest BCUT2D eigenvalue weighted by Crippen LogP contribution is -2.35. The summed E-state index contributed by atoms with van der Waals surface area (Å²) in [4.78, 5) is 31.0. The van der Waals surface area contributed by atoms with E-state index in [2.05, 4.69) is 40.6 Å². The number of benzene rings is 1. The zero-order chi connectivity index (χ0) is 20.9. The highest BCUT2D eigenvalue weighted by Gasteiger charge is 2.27. The number of aryl methyl sites for hydroxylation is 1. The van der Waals surface area contributed by atoms with Crippen molar-refractivity contribution in [3.05, 3.63) is 42.3 Å². The first kappa shape index (κ1) is 19.7. The van der Waals surface area contributed by atoms with Gasteiger partial charge in [-0.2, -0.15) is 9.97 Å². The van der Waals surface area contributed by atoms with Crippen molar-refractivity contribution in [2.75, 3.05) is 28.6 Å². The third-order valence-electron chi connectivity index (χ3n) is 4.85. The molecule has 10 heteroatoms. The monoisotopic (exact) mass is 408 g/mol. The summed E-state index contributed by atoms with van der Waals surface area (Å²) in [5.74, 6) is 2.49. The number of hydrogen-bond donors (Lipinski definition) is 2. The van der Waals surface area contributed by atoms with Crippen LogP contribution in [0.3, 0.4) is 0 Å². The largest absolute Gasteiger partial charge is 0.340 e. The van der Waals surface area contributed by atoms with E-state index in [1.807, 2.05) is 31.2 Å². The van der Waals surface area contributed by atoms with Gasteiger partial charge in [-0.15, -0.1) is 0 Å². The van der Waals surface area contributed by atoms with E-state index in [4.69, 9.17) is 4.52 Å². The first-order valence-corrected chi connectivity index (χ1v) is 10.0. The maximum absolute atomic E-state index is 11.3. The lowest BCUT2D eigenvalue weighted by molar-refractivity contribution is -0.114. The lowest BCUT2D eigenvalue weighted by Gasteiger charge is -2.30. The second-order valence-electron chi connectivity index (χ2n) is 7.18. The van der Waals surface area contributed by atoms with Crippen LogP contribution in [0.4, 0.5) is 23.3 Å². The summed E-state index contributed by atoms with van der Waals surface area (Å²) in [6, 6.07) is 7.37. The van der Waals surface area contributed by atoms with Crippen molar-refractivity contribution in [2.24, 2.45) is 0 Å². The average Bonchev–Trinajstić information content (AvgIpc) is 3.23. The van der Waals surface area contributed by atoms with Gasteiger partial charge in [-0.25, -0.2) is 9.97 Å². The molecule has 1 aliphatic rings. The fourth-order valence-corrected chi connectivity index (χ4v) is 3.44. The second kappa shape index (κ2) is 8.85. The van der Waals surface area contributed by atoms with Gasteiger partial charge in [-0.3, -0.25) is 4.79 Å². The highest BCUT2D eigenvalue weighted by Crippen LogP contribution is 2.28. The third-order valence-corrected chi connectivity index (χ3v) is 4.85. The Balaban J connectivity index is 1.47. The van der Waals surface area contributed by atoms with Crippen LogP contribution < -0.4 is 15.5 Å². The van der Waals surface area contributed by atoms with Crippen molar-refractivity contribution in [1.29, 1.82) is 0 Å². The number of nitrogens with zero attached hydrogens (tertiary/aromatic N) is 6. The van der Waals surface area contributed by atoms with E-state index in [-0.39, 0.29) is 11.8 Å². The molecule has 0 unspecified atom stereocenters. The van der Waals surface area contributed by atoms with Crippen LogP contribution in [0.2, 0.25) is 0 Å². The fraction of sp³-hybridized carbons (Fsp3) is 0.400. The minimum Gasteiger partial charge on any atom is -0.340 e. The van der Waals surface area contributed by atoms with Crippen molar-refractivity contribution in [3.63, 3.8) is 0 Å². The molecule has 10 nitrogen and oxygen atoms in total. The van der Waals surface area contributed by atoms with Gasteiger partial charge < -0.3 is 20.1 Å². The van der Waals surface area contributed by atoms with Crippen LogP contribution in [0.1, 0.15) is 44.3 Å². The van der Waals surface area contributed by atoms with Gasteiger partial charge in [0.25, 0.3) is 0 Å². The smallest absolute Gasteiger partial charge is 0.231 e. The van der Waals surface area contributed by atoms with Gasteiger partial charge in [0.1, 0.15) is 6.33 Å². The highest BCUT2D eigenvalue weighted by atomic mass is 16.5. The summed E-state index contributed by atoms with van der Waals surface area (Å²) in [7, 11) is 0. The summed E-state index contributed by atoms with van der Waals surface area (Å²) in [5.41, 5.74) is 1.47. The van der Waals surface area contributed by atoms with Gasteiger partial charge >= 0.3 is 0 Å². The quantitative estimate of drug-likeness (QED) is 0.634. The van der Waals surface area contributed by atoms with E-state index in [0.29, 0.717) is 30.0 Å². The molecular formula is C20H24N8O2. The molecule has 4 rings (SSSR count). The van der Waals surface area contributed by atoms with Crippen molar-refractivity contribution in [1.82, 2.24) is 25.1 Å². The molecular weight excluding hydrogens is 384 g/mol. The number of rotatable bonds is 6. The van der Waals surface area contributed by atoms with Crippen molar-refractivity contribution in [3.8, 4) is 0 Å². The number of carbonyl (C=O) groups excluding carboxylic acids is 1. The molecule has 30 heavy (non-hydrogen) atoms. The van der Waals surface area contributed by atoms with Gasteiger partial charge in [-0.1, -0.05) is 18.1 Å². The number of anilines is 4. The molecule has 3 aromatic rings. The lowest BCUT2D eigenvalue weighted by atomic mass is 9.98. The maximum Gasteiger partial charge on any atom is 0.231 e. The number of aromatic nitrogens is 5. The number of nitrogens with one attached hydrogen (secondary N) is 2. The molecule has 0 radical (unpaired) electrons.